The molecule has 2 aromatic carbocycles. The molecule has 0 spiro atoms. The molecule has 0 fully saturated rings. The van der Waals surface area contributed by atoms with Crippen LogP contribution in [0.3, 0.4) is 0 Å². The number of hydrogen-bond acceptors (Lipinski definition) is 4. The molecule has 0 atom stereocenters. The summed E-state index contributed by atoms with van der Waals surface area (Å²) in [4.78, 5) is 41.1. The lowest BCUT2D eigenvalue weighted by Crippen LogP contribution is -2.41. The topological polar surface area (TPSA) is 73.1 Å². The number of rotatable bonds is 5. The Morgan fingerprint density at radius 1 is 0.906 bits per heavy atom. The second kappa shape index (κ2) is 8.59. The van der Waals surface area contributed by atoms with Crippen LogP contribution in [-0.4, -0.2) is 15.0 Å². The molecule has 2 heterocycles. The smallest absolute Gasteiger partial charge is 0.324 e. The summed E-state index contributed by atoms with van der Waals surface area (Å²) in [6.07, 6.45) is 0. The summed E-state index contributed by atoms with van der Waals surface area (Å²) in [7, 11) is 0. The number of aromatic nitrogens is 2. The number of carbonyl (C=O) groups is 1. The van der Waals surface area contributed by atoms with Gasteiger partial charge in [-0.2, -0.15) is 0 Å². The molecule has 0 aliphatic carbocycles. The summed E-state index contributed by atoms with van der Waals surface area (Å²) >= 11 is 1.37. The van der Waals surface area contributed by atoms with Gasteiger partial charge in [0.2, 0.25) is 5.91 Å². The van der Waals surface area contributed by atoms with Crippen LogP contribution in [0, 0.1) is 27.7 Å². The summed E-state index contributed by atoms with van der Waals surface area (Å²) in [6.45, 7) is 7.65. The van der Waals surface area contributed by atoms with Crippen LogP contribution in [0.1, 0.15) is 27.1 Å². The van der Waals surface area contributed by atoms with E-state index in [1.54, 1.807) is 0 Å². The van der Waals surface area contributed by atoms with Crippen molar-refractivity contribution in [3.05, 3.63) is 96.5 Å². The number of amides is 1. The quantitative estimate of drug-likeness (QED) is 0.500. The molecule has 0 aliphatic heterocycles. The fraction of sp³-hybridized carbons (Fsp3) is 0.240. The van der Waals surface area contributed by atoms with Crippen LogP contribution in [-0.2, 0) is 17.9 Å². The third kappa shape index (κ3) is 3.91. The van der Waals surface area contributed by atoms with E-state index in [-0.39, 0.29) is 24.6 Å². The number of hydrogen-bond donors (Lipinski definition) is 1. The molecule has 0 saturated carbocycles. The molecule has 32 heavy (non-hydrogen) atoms. The first-order valence-corrected chi connectivity index (χ1v) is 11.2. The van der Waals surface area contributed by atoms with Gasteiger partial charge in [0.15, 0.2) is 0 Å². The van der Waals surface area contributed by atoms with Gasteiger partial charge >= 0.3 is 5.69 Å². The maximum Gasteiger partial charge on any atom is 0.332 e. The highest BCUT2D eigenvalue weighted by Gasteiger charge is 2.20. The number of nitrogens with zero attached hydrogens (tertiary/aromatic N) is 2. The van der Waals surface area contributed by atoms with Crippen molar-refractivity contribution >= 4 is 33.1 Å². The number of fused-ring (bicyclic) bond motifs is 1. The Morgan fingerprint density at radius 3 is 2.22 bits per heavy atom. The van der Waals surface area contributed by atoms with Gasteiger partial charge in [-0.25, -0.2) is 4.79 Å². The summed E-state index contributed by atoms with van der Waals surface area (Å²) < 4.78 is 2.65. The Morgan fingerprint density at radius 2 is 1.56 bits per heavy atom. The molecular weight excluding hydrogens is 422 g/mol. The third-order valence-electron chi connectivity index (χ3n) is 5.76. The first-order chi connectivity index (χ1) is 15.3. The van der Waals surface area contributed by atoms with Gasteiger partial charge in [-0.3, -0.25) is 18.7 Å². The molecular formula is C25H25N3O3S. The summed E-state index contributed by atoms with van der Waals surface area (Å²) in [5.41, 5.74) is 3.55. The fourth-order valence-corrected chi connectivity index (χ4v) is 5.02. The van der Waals surface area contributed by atoms with Gasteiger partial charge < -0.3 is 5.32 Å². The van der Waals surface area contributed by atoms with Crippen molar-refractivity contribution < 1.29 is 4.79 Å². The number of thiophene rings is 1. The molecule has 0 saturated heterocycles. The highest BCUT2D eigenvalue weighted by Crippen LogP contribution is 2.27. The molecule has 0 bridgehead atoms. The van der Waals surface area contributed by atoms with E-state index < -0.39 is 5.69 Å². The Kier molecular flexibility index (Phi) is 5.84. The lowest BCUT2D eigenvalue weighted by atomic mass is 10.1. The van der Waals surface area contributed by atoms with E-state index in [9.17, 15) is 14.4 Å². The first-order valence-electron chi connectivity index (χ1n) is 10.4. The minimum atomic E-state index is -0.482. The van der Waals surface area contributed by atoms with Crippen LogP contribution in [0.15, 0.2) is 58.1 Å². The van der Waals surface area contributed by atoms with Gasteiger partial charge in [-0.15, -0.1) is 11.3 Å². The molecule has 4 aromatic rings. The van der Waals surface area contributed by atoms with Crippen molar-refractivity contribution in [3.63, 3.8) is 0 Å². The Labute approximate surface area is 189 Å². The lowest BCUT2D eigenvalue weighted by molar-refractivity contribution is -0.116. The van der Waals surface area contributed by atoms with Gasteiger partial charge in [0.05, 0.1) is 11.9 Å². The number of nitrogens with one attached hydrogen (secondary N) is 1. The minimum Gasteiger partial charge on any atom is -0.324 e. The average molecular weight is 448 g/mol. The van der Waals surface area contributed by atoms with E-state index in [1.165, 1.54) is 20.5 Å². The van der Waals surface area contributed by atoms with Crippen molar-refractivity contribution in [3.8, 4) is 0 Å². The zero-order valence-corrected chi connectivity index (χ0v) is 19.4. The number of aryl methyl sites for hydroxylation is 4. The molecule has 164 valence electrons. The molecule has 2 aromatic heterocycles. The van der Waals surface area contributed by atoms with Crippen LogP contribution in [0.2, 0.25) is 0 Å². The van der Waals surface area contributed by atoms with Crippen molar-refractivity contribution in [2.24, 2.45) is 0 Å². The highest BCUT2D eigenvalue weighted by molar-refractivity contribution is 7.18. The van der Waals surface area contributed by atoms with Gasteiger partial charge in [-0.1, -0.05) is 48.5 Å². The highest BCUT2D eigenvalue weighted by atomic mass is 32.1. The Hall–Kier alpha value is -3.45. The molecule has 4 rings (SSSR count). The number of carbonyl (C=O) groups excluding carboxylic acids is 1. The lowest BCUT2D eigenvalue weighted by Gasteiger charge is -2.14. The van der Waals surface area contributed by atoms with E-state index in [0.29, 0.717) is 10.2 Å². The van der Waals surface area contributed by atoms with Gasteiger partial charge in [0, 0.05) is 10.6 Å². The van der Waals surface area contributed by atoms with Crippen LogP contribution in [0.5, 0.6) is 0 Å². The third-order valence-corrected chi connectivity index (χ3v) is 6.99. The Balaban J connectivity index is 1.81. The monoisotopic (exact) mass is 447 g/mol. The zero-order chi connectivity index (χ0) is 23.0. The van der Waals surface area contributed by atoms with Crippen LogP contribution < -0.4 is 16.6 Å². The van der Waals surface area contributed by atoms with Crippen molar-refractivity contribution in [2.45, 2.75) is 40.8 Å². The second-order valence-corrected chi connectivity index (χ2v) is 9.23. The van der Waals surface area contributed by atoms with E-state index in [1.807, 2.05) is 76.2 Å². The largest absolute Gasteiger partial charge is 0.332 e. The van der Waals surface area contributed by atoms with Gasteiger partial charge in [0.25, 0.3) is 5.56 Å². The predicted octanol–water partition coefficient (Wildman–Crippen LogP) is 4.15. The predicted molar refractivity (Wildman–Crippen MR) is 130 cm³/mol. The second-order valence-electron chi connectivity index (χ2n) is 8.02. The molecule has 6 nitrogen and oxygen atoms in total. The molecule has 0 radical (unpaired) electrons. The average Bonchev–Trinajstić information content (AvgIpc) is 3.06. The number of benzene rings is 2. The SMILES string of the molecule is Cc1cccc(C)c1NC(=O)Cn1c(=O)n(Cc2ccccc2)c(=O)c2c(C)c(C)sc21. The molecule has 1 amide bonds. The molecule has 1 N–H and O–H groups in total. The zero-order valence-electron chi connectivity index (χ0n) is 18.6. The van der Waals surface area contributed by atoms with Gasteiger partial charge in [0.1, 0.15) is 11.4 Å². The maximum atomic E-state index is 13.4. The van der Waals surface area contributed by atoms with Crippen LogP contribution in [0.4, 0.5) is 5.69 Å². The van der Waals surface area contributed by atoms with E-state index in [2.05, 4.69) is 5.32 Å². The minimum absolute atomic E-state index is 0.154. The molecule has 0 aliphatic rings. The first kappa shape index (κ1) is 21.8. The number of para-hydroxylation sites is 1. The number of anilines is 1. The maximum absolute atomic E-state index is 13.4. The van der Waals surface area contributed by atoms with E-state index in [0.717, 1.165) is 32.8 Å². The van der Waals surface area contributed by atoms with Crippen LogP contribution >= 0.6 is 11.3 Å². The summed E-state index contributed by atoms with van der Waals surface area (Å²) in [5, 5.41) is 3.45. The standard InChI is InChI=1S/C25H25N3O3S/c1-15-9-8-10-16(2)22(15)26-20(29)14-28-24-21(17(3)18(4)32-24)23(30)27(25(28)31)13-19-11-6-5-7-12-19/h5-12H,13-14H2,1-4H3,(H,26,29). The molecule has 0 unspecified atom stereocenters. The van der Waals surface area contributed by atoms with Crippen molar-refractivity contribution in [2.75, 3.05) is 5.32 Å². The normalized spacial score (nSPS) is 11.1. The summed E-state index contributed by atoms with van der Waals surface area (Å²) in [5.74, 6) is -0.306. The molecule has 7 heteroatoms. The Bertz CT molecular complexity index is 1430. The fourth-order valence-electron chi connectivity index (χ4n) is 3.88. The van der Waals surface area contributed by atoms with E-state index >= 15 is 0 Å². The van der Waals surface area contributed by atoms with Gasteiger partial charge in [-0.05, 0) is 49.9 Å². The summed E-state index contributed by atoms with van der Waals surface area (Å²) in [6, 6.07) is 15.2. The van der Waals surface area contributed by atoms with Crippen molar-refractivity contribution in [1.82, 2.24) is 9.13 Å². The van der Waals surface area contributed by atoms with Crippen LogP contribution in [0.25, 0.3) is 10.2 Å². The van der Waals surface area contributed by atoms with E-state index in [4.69, 9.17) is 0 Å². The van der Waals surface area contributed by atoms with Crippen molar-refractivity contribution in [1.29, 1.82) is 0 Å².